The minimum atomic E-state index is -3.68. The van der Waals surface area contributed by atoms with Crippen molar-refractivity contribution in [3.8, 4) is 11.5 Å². The summed E-state index contributed by atoms with van der Waals surface area (Å²) in [6, 6.07) is 4.72. The second kappa shape index (κ2) is 8.91. The van der Waals surface area contributed by atoms with Crippen LogP contribution in [0.1, 0.15) is 56.4 Å². The highest BCUT2D eigenvalue weighted by Gasteiger charge is 2.53. The van der Waals surface area contributed by atoms with Gasteiger partial charge in [0, 0.05) is 30.5 Å². The van der Waals surface area contributed by atoms with Crippen LogP contribution in [0.15, 0.2) is 23.1 Å². The van der Waals surface area contributed by atoms with Gasteiger partial charge in [0.2, 0.25) is 21.1 Å². The summed E-state index contributed by atoms with van der Waals surface area (Å²) in [5, 5.41) is 13.6. The van der Waals surface area contributed by atoms with Crippen molar-refractivity contribution in [2.75, 3.05) is 31.6 Å². The third-order valence-corrected chi connectivity index (χ3v) is 12.1. The number of anilines is 1. The number of fused-ring (bicyclic) bond motifs is 1. The fourth-order valence-corrected chi connectivity index (χ4v) is 10.2. The van der Waals surface area contributed by atoms with Crippen LogP contribution in [0, 0.1) is 23.7 Å². The number of hydrogen-bond acceptors (Lipinski definition) is 8. The fourth-order valence-electron chi connectivity index (χ4n) is 7.76. The Balaban J connectivity index is 0.980. The Morgan fingerprint density at radius 2 is 1.62 bits per heavy atom. The fraction of sp³-hybridized carbons (Fsp3) is 0.654. The predicted molar refractivity (Wildman–Crippen MR) is 137 cm³/mol. The molecule has 6 aliphatic rings. The molecule has 198 valence electrons. The van der Waals surface area contributed by atoms with E-state index in [0.29, 0.717) is 55.8 Å². The van der Waals surface area contributed by atoms with Gasteiger partial charge in [0.1, 0.15) is 18.2 Å². The van der Waals surface area contributed by atoms with Gasteiger partial charge in [-0.2, -0.15) is 4.31 Å². The zero-order valence-corrected chi connectivity index (χ0v) is 22.4. The number of rotatable bonds is 5. The number of hydrogen-bond donors (Lipinski definition) is 1. The number of nitrogens with one attached hydrogen (secondary N) is 1. The molecule has 9 nitrogen and oxygen atoms in total. The highest BCUT2D eigenvalue weighted by molar-refractivity contribution is 7.89. The minimum Gasteiger partial charge on any atom is -0.486 e. The third kappa shape index (κ3) is 4.23. The van der Waals surface area contributed by atoms with E-state index in [1.54, 1.807) is 23.5 Å². The molecule has 37 heavy (non-hydrogen) atoms. The lowest BCUT2D eigenvalue weighted by Gasteiger charge is -2.55. The number of benzene rings is 1. The van der Waals surface area contributed by atoms with Crippen LogP contribution in [-0.4, -0.2) is 55.1 Å². The Morgan fingerprint density at radius 1 is 0.973 bits per heavy atom. The number of amides is 1. The van der Waals surface area contributed by atoms with E-state index < -0.39 is 10.0 Å². The Labute approximate surface area is 221 Å². The SMILES string of the molecule is O=C(Nc1nnc(C23CC4CC(CC(C4)C2)C3)s1)C1CCN(S(=O)(=O)c2ccc3c(c2)OCCO3)CC1. The molecule has 4 bridgehead atoms. The van der Waals surface area contributed by atoms with E-state index in [1.807, 2.05) is 0 Å². The van der Waals surface area contributed by atoms with Crippen LogP contribution < -0.4 is 14.8 Å². The lowest BCUT2D eigenvalue weighted by Crippen LogP contribution is -2.48. The molecule has 0 radical (unpaired) electrons. The van der Waals surface area contributed by atoms with E-state index in [4.69, 9.17) is 9.47 Å². The molecular weight excluding hydrogens is 512 g/mol. The monoisotopic (exact) mass is 544 g/mol. The van der Waals surface area contributed by atoms with Gasteiger partial charge in [-0.15, -0.1) is 10.2 Å². The average Bonchev–Trinajstić information content (AvgIpc) is 3.37. The molecule has 1 aromatic carbocycles. The van der Waals surface area contributed by atoms with Crippen molar-refractivity contribution >= 4 is 32.4 Å². The summed E-state index contributed by atoms with van der Waals surface area (Å²) in [5.74, 6) is 3.16. The zero-order valence-electron chi connectivity index (χ0n) is 20.7. The van der Waals surface area contributed by atoms with Gasteiger partial charge in [-0.05, 0) is 81.3 Å². The number of ether oxygens (including phenoxy) is 2. The van der Waals surface area contributed by atoms with Gasteiger partial charge >= 0.3 is 0 Å². The van der Waals surface area contributed by atoms with E-state index in [2.05, 4.69) is 15.5 Å². The van der Waals surface area contributed by atoms with Crippen LogP contribution in [0.4, 0.5) is 5.13 Å². The molecular formula is C26H32N4O5S2. The van der Waals surface area contributed by atoms with Crippen molar-refractivity contribution in [2.45, 2.75) is 61.7 Å². The quantitative estimate of drug-likeness (QED) is 0.609. The Bertz CT molecular complexity index is 1280. The summed E-state index contributed by atoms with van der Waals surface area (Å²) in [4.78, 5) is 13.2. The summed E-state index contributed by atoms with van der Waals surface area (Å²) in [6.45, 7) is 1.44. The molecule has 11 heteroatoms. The zero-order chi connectivity index (χ0) is 25.2. The van der Waals surface area contributed by atoms with Gasteiger partial charge in [-0.3, -0.25) is 4.79 Å². The molecule has 0 atom stereocenters. The predicted octanol–water partition coefficient (Wildman–Crippen LogP) is 3.82. The molecule has 1 saturated heterocycles. The second-order valence-electron chi connectivity index (χ2n) is 11.6. The van der Waals surface area contributed by atoms with E-state index in [9.17, 15) is 13.2 Å². The molecule has 1 aromatic heterocycles. The Morgan fingerprint density at radius 3 is 2.30 bits per heavy atom. The van der Waals surface area contributed by atoms with Crippen LogP contribution in [0.3, 0.4) is 0 Å². The van der Waals surface area contributed by atoms with Crippen LogP contribution in [-0.2, 0) is 20.2 Å². The molecule has 4 saturated carbocycles. The molecule has 3 heterocycles. The molecule has 4 aliphatic carbocycles. The van der Waals surface area contributed by atoms with Crippen molar-refractivity contribution in [3.05, 3.63) is 23.2 Å². The number of carbonyl (C=O) groups excluding carboxylic acids is 1. The van der Waals surface area contributed by atoms with Crippen molar-refractivity contribution in [1.82, 2.24) is 14.5 Å². The number of piperidine rings is 1. The van der Waals surface area contributed by atoms with E-state index in [1.165, 1.54) is 48.9 Å². The van der Waals surface area contributed by atoms with Crippen LogP contribution >= 0.6 is 11.3 Å². The van der Waals surface area contributed by atoms with E-state index in [-0.39, 0.29) is 22.1 Å². The van der Waals surface area contributed by atoms with Crippen molar-refractivity contribution in [2.24, 2.45) is 23.7 Å². The molecule has 1 amide bonds. The number of sulfonamides is 1. The lowest BCUT2D eigenvalue weighted by atomic mass is 9.50. The first kappa shape index (κ1) is 23.8. The van der Waals surface area contributed by atoms with Gasteiger partial charge in [-0.1, -0.05) is 11.3 Å². The van der Waals surface area contributed by atoms with E-state index in [0.717, 1.165) is 22.8 Å². The number of aromatic nitrogens is 2. The summed E-state index contributed by atoms with van der Waals surface area (Å²) >= 11 is 1.54. The van der Waals surface area contributed by atoms with E-state index >= 15 is 0 Å². The van der Waals surface area contributed by atoms with Gasteiger partial charge in [0.05, 0.1) is 4.90 Å². The van der Waals surface area contributed by atoms with Crippen LogP contribution in [0.25, 0.3) is 0 Å². The maximum absolute atomic E-state index is 13.2. The van der Waals surface area contributed by atoms with Crippen molar-refractivity contribution in [3.63, 3.8) is 0 Å². The molecule has 2 aliphatic heterocycles. The highest BCUT2D eigenvalue weighted by atomic mass is 32.2. The standard InChI is InChI=1S/C26H32N4O5S2/c31-23(27-25-29-28-24(36-25)26-13-16-9-17(14-26)11-18(10-16)15-26)19-3-5-30(6-4-19)37(32,33)20-1-2-21-22(12-20)35-8-7-34-21/h1-2,12,16-19H,3-11,13-15H2,(H,27,29,31). The lowest BCUT2D eigenvalue weighted by molar-refractivity contribution is -0.120. The first-order valence-corrected chi connectivity index (χ1v) is 15.7. The van der Waals surface area contributed by atoms with Crippen LogP contribution in [0.2, 0.25) is 0 Å². The molecule has 5 fully saturated rings. The second-order valence-corrected chi connectivity index (χ2v) is 14.5. The summed E-state index contributed by atoms with van der Waals surface area (Å²) in [5.41, 5.74) is 0.170. The van der Waals surface area contributed by atoms with Crippen molar-refractivity contribution in [1.29, 1.82) is 0 Å². The summed E-state index contributed by atoms with van der Waals surface area (Å²) in [7, 11) is -3.68. The molecule has 0 unspecified atom stereocenters. The van der Waals surface area contributed by atoms with Gasteiger partial charge in [-0.25, -0.2) is 8.42 Å². The smallest absolute Gasteiger partial charge is 0.243 e. The molecule has 2 aromatic rings. The summed E-state index contributed by atoms with van der Waals surface area (Å²) < 4.78 is 38.9. The Hall–Kier alpha value is -2.24. The first-order valence-electron chi connectivity index (χ1n) is 13.4. The minimum absolute atomic E-state index is 0.0930. The molecule has 1 N–H and O–H groups in total. The number of carbonyl (C=O) groups is 1. The number of nitrogens with zero attached hydrogens (tertiary/aromatic N) is 3. The Kier molecular flexibility index (Phi) is 5.74. The third-order valence-electron chi connectivity index (χ3n) is 9.12. The highest BCUT2D eigenvalue weighted by Crippen LogP contribution is 2.61. The van der Waals surface area contributed by atoms with Gasteiger partial charge in [0.25, 0.3) is 0 Å². The molecule has 0 spiro atoms. The van der Waals surface area contributed by atoms with Gasteiger partial charge in [0.15, 0.2) is 11.5 Å². The topological polar surface area (TPSA) is 111 Å². The first-order chi connectivity index (χ1) is 17.9. The summed E-state index contributed by atoms with van der Waals surface area (Å²) in [6.07, 6.45) is 8.74. The molecule has 8 rings (SSSR count). The average molecular weight is 545 g/mol. The maximum Gasteiger partial charge on any atom is 0.243 e. The van der Waals surface area contributed by atoms with Gasteiger partial charge < -0.3 is 14.8 Å². The largest absolute Gasteiger partial charge is 0.486 e. The van der Waals surface area contributed by atoms with Crippen LogP contribution in [0.5, 0.6) is 11.5 Å². The maximum atomic E-state index is 13.2. The normalized spacial score (nSPS) is 31.4. The van der Waals surface area contributed by atoms with Crippen molar-refractivity contribution < 1.29 is 22.7 Å².